The number of nitrogens with zero attached hydrogens (tertiary/aromatic N) is 3. The molecule has 18 heavy (non-hydrogen) atoms. The van der Waals surface area contributed by atoms with Crippen molar-refractivity contribution >= 4 is 10.0 Å². The predicted octanol–water partition coefficient (Wildman–Crippen LogP) is 1.29. The molecule has 0 saturated carbocycles. The van der Waals surface area contributed by atoms with Gasteiger partial charge < -0.3 is 4.57 Å². The van der Waals surface area contributed by atoms with Crippen LogP contribution in [-0.4, -0.2) is 24.0 Å². The molecule has 0 saturated heterocycles. The molecule has 7 heteroatoms. The van der Waals surface area contributed by atoms with Gasteiger partial charge in [-0.25, -0.2) is 13.4 Å². The van der Waals surface area contributed by atoms with Crippen LogP contribution >= 0.6 is 0 Å². The van der Waals surface area contributed by atoms with Crippen LogP contribution in [0.25, 0.3) is 0 Å². The van der Waals surface area contributed by atoms with Crippen molar-refractivity contribution in [1.82, 2.24) is 14.3 Å². The number of imidazole rings is 1. The molecule has 100 valence electrons. The van der Waals surface area contributed by atoms with Crippen molar-refractivity contribution in [3.63, 3.8) is 0 Å². The number of nitriles is 1. The van der Waals surface area contributed by atoms with Crippen LogP contribution in [0, 0.1) is 17.2 Å². The van der Waals surface area contributed by atoms with Crippen molar-refractivity contribution in [1.29, 1.82) is 5.26 Å². The molecule has 0 aromatic carbocycles. The Labute approximate surface area is 108 Å². The molecular weight excluding hydrogens is 252 g/mol. The zero-order chi connectivity index (χ0) is 13.9. The third kappa shape index (κ3) is 3.31. The molecule has 1 N–H and O–H groups in total. The predicted molar refractivity (Wildman–Crippen MR) is 67.2 cm³/mol. The van der Waals surface area contributed by atoms with Crippen molar-refractivity contribution in [3.8, 4) is 6.07 Å². The smallest absolute Gasteiger partial charge is 0.260 e. The molecule has 1 atom stereocenters. The number of hydrogen-bond acceptors (Lipinski definition) is 4. The van der Waals surface area contributed by atoms with Crippen LogP contribution in [0.2, 0.25) is 0 Å². The normalized spacial score (nSPS) is 13.8. The van der Waals surface area contributed by atoms with Gasteiger partial charge in [0, 0.05) is 12.2 Å². The van der Waals surface area contributed by atoms with E-state index in [-0.39, 0.29) is 17.0 Å². The molecule has 0 bridgehead atoms. The first-order valence-electron chi connectivity index (χ1n) is 5.73. The maximum Gasteiger partial charge on any atom is 0.260 e. The van der Waals surface area contributed by atoms with Gasteiger partial charge in [-0.2, -0.15) is 9.98 Å². The summed E-state index contributed by atoms with van der Waals surface area (Å²) < 4.78 is 28.1. The SMILES string of the molecule is CC(C)[C@H](C#N)NS(=O)(=O)c1cn(C(C)C)cn1. The summed E-state index contributed by atoms with van der Waals surface area (Å²) in [5.74, 6) is -0.100. The maximum absolute atomic E-state index is 12.0. The third-order valence-corrected chi connectivity index (χ3v) is 3.86. The lowest BCUT2D eigenvalue weighted by Gasteiger charge is -2.13. The molecule has 6 nitrogen and oxygen atoms in total. The van der Waals surface area contributed by atoms with E-state index >= 15 is 0 Å². The monoisotopic (exact) mass is 270 g/mol. The van der Waals surface area contributed by atoms with Crippen LogP contribution in [0.15, 0.2) is 17.6 Å². The number of nitrogens with one attached hydrogen (secondary N) is 1. The van der Waals surface area contributed by atoms with Crippen LogP contribution in [0.5, 0.6) is 0 Å². The van der Waals surface area contributed by atoms with Gasteiger partial charge in [-0.3, -0.25) is 0 Å². The molecule has 1 heterocycles. The lowest BCUT2D eigenvalue weighted by atomic mass is 10.1. The first kappa shape index (κ1) is 14.7. The van der Waals surface area contributed by atoms with E-state index in [0.29, 0.717) is 0 Å². The van der Waals surface area contributed by atoms with E-state index in [1.54, 1.807) is 18.4 Å². The highest BCUT2D eigenvalue weighted by Gasteiger charge is 2.24. The highest BCUT2D eigenvalue weighted by Crippen LogP contribution is 2.12. The van der Waals surface area contributed by atoms with Gasteiger partial charge >= 0.3 is 0 Å². The fourth-order valence-corrected chi connectivity index (χ4v) is 2.50. The number of aromatic nitrogens is 2. The molecule has 1 aromatic heterocycles. The highest BCUT2D eigenvalue weighted by molar-refractivity contribution is 7.89. The molecule has 0 aliphatic rings. The van der Waals surface area contributed by atoms with Gasteiger partial charge in [-0.05, 0) is 19.8 Å². The van der Waals surface area contributed by atoms with E-state index in [2.05, 4.69) is 9.71 Å². The van der Waals surface area contributed by atoms with Crippen LogP contribution < -0.4 is 4.72 Å². The lowest BCUT2D eigenvalue weighted by molar-refractivity contribution is 0.513. The minimum atomic E-state index is -3.73. The molecule has 0 fully saturated rings. The second kappa shape index (κ2) is 5.50. The highest BCUT2D eigenvalue weighted by atomic mass is 32.2. The average molecular weight is 270 g/mol. The minimum Gasteiger partial charge on any atom is -0.334 e. The van der Waals surface area contributed by atoms with Gasteiger partial charge in [0.2, 0.25) is 0 Å². The topological polar surface area (TPSA) is 87.8 Å². The van der Waals surface area contributed by atoms with Crippen LogP contribution in [0.1, 0.15) is 33.7 Å². The van der Waals surface area contributed by atoms with Gasteiger partial charge in [-0.1, -0.05) is 13.8 Å². The fourth-order valence-electron chi connectivity index (χ4n) is 1.28. The Hall–Kier alpha value is -1.39. The fraction of sp³-hybridized carbons (Fsp3) is 0.636. The summed E-state index contributed by atoms with van der Waals surface area (Å²) in [6, 6.07) is 1.32. The van der Waals surface area contributed by atoms with E-state index in [0.717, 1.165) is 0 Å². The van der Waals surface area contributed by atoms with Gasteiger partial charge in [0.15, 0.2) is 5.03 Å². The summed E-state index contributed by atoms with van der Waals surface area (Å²) in [5.41, 5.74) is 0. The van der Waals surface area contributed by atoms with Gasteiger partial charge in [0.05, 0.1) is 12.4 Å². The molecule has 1 aromatic rings. The molecule has 0 aliphatic carbocycles. The molecule has 0 unspecified atom stereocenters. The summed E-state index contributed by atoms with van der Waals surface area (Å²) >= 11 is 0. The first-order valence-corrected chi connectivity index (χ1v) is 7.21. The van der Waals surface area contributed by atoms with Crippen molar-refractivity contribution in [2.24, 2.45) is 5.92 Å². The largest absolute Gasteiger partial charge is 0.334 e. The Kier molecular flexibility index (Phi) is 4.48. The van der Waals surface area contributed by atoms with Crippen LogP contribution in [0.3, 0.4) is 0 Å². The maximum atomic E-state index is 12.0. The number of rotatable bonds is 5. The summed E-state index contributed by atoms with van der Waals surface area (Å²) in [5, 5.41) is 8.84. The molecule has 0 radical (unpaired) electrons. The van der Waals surface area contributed by atoms with E-state index < -0.39 is 16.1 Å². The van der Waals surface area contributed by atoms with E-state index in [1.165, 1.54) is 12.5 Å². The minimum absolute atomic E-state index is 0.0582. The Morgan fingerprint density at radius 1 is 1.39 bits per heavy atom. The molecular formula is C11H18N4O2S. The third-order valence-electron chi connectivity index (χ3n) is 2.54. The van der Waals surface area contributed by atoms with Gasteiger partial charge in [0.1, 0.15) is 6.04 Å². The summed E-state index contributed by atoms with van der Waals surface area (Å²) in [7, 11) is -3.73. The van der Waals surface area contributed by atoms with Gasteiger partial charge in [0.25, 0.3) is 10.0 Å². The van der Waals surface area contributed by atoms with Crippen molar-refractivity contribution < 1.29 is 8.42 Å². The Balaban J connectivity index is 2.96. The second-order valence-corrected chi connectivity index (χ2v) is 6.39. The summed E-state index contributed by atoms with van der Waals surface area (Å²) in [4.78, 5) is 3.86. The quantitative estimate of drug-likeness (QED) is 0.873. The second-order valence-electron chi connectivity index (χ2n) is 4.72. The molecule has 0 spiro atoms. The first-order chi connectivity index (χ1) is 8.27. The Morgan fingerprint density at radius 3 is 2.39 bits per heavy atom. The van der Waals surface area contributed by atoms with Crippen LogP contribution in [0.4, 0.5) is 0 Å². The van der Waals surface area contributed by atoms with Crippen molar-refractivity contribution in [3.05, 3.63) is 12.5 Å². The summed E-state index contributed by atoms with van der Waals surface area (Å²) in [6.45, 7) is 7.42. The number of hydrogen-bond donors (Lipinski definition) is 1. The standard InChI is InChI=1S/C11H18N4O2S/c1-8(2)10(5-12)14-18(16,17)11-6-15(7-13-11)9(3)4/h6-10,14H,1-4H3/t10-/m0/s1. The summed E-state index contributed by atoms with van der Waals surface area (Å²) in [6.07, 6.45) is 2.93. The lowest BCUT2D eigenvalue weighted by Crippen LogP contribution is -2.37. The van der Waals surface area contributed by atoms with Crippen molar-refractivity contribution in [2.75, 3.05) is 0 Å². The number of sulfonamides is 1. The van der Waals surface area contributed by atoms with Gasteiger partial charge in [-0.15, -0.1) is 0 Å². The molecule has 0 amide bonds. The molecule has 1 rings (SSSR count). The van der Waals surface area contributed by atoms with Crippen LogP contribution in [-0.2, 0) is 10.0 Å². The van der Waals surface area contributed by atoms with E-state index in [1.807, 2.05) is 19.9 Å². The molecule has 0 aliphatic heterocycles. The van der Waals surface area contributed by atoms with E-state index in [4.69, 9.17) is 5.26 Å². The van der Waals surface area contributed by atoms with Crippen molar-refractivity contribution in [2.45, 2.75) is 44.8 Å². The Bertz CT molecular complexity index is 540. The Morgan fingerprint density at radius 2 is 2.00 bits per heavy atom. The average Bonchev–Trinajstić information content (AvgIpc) is 2.75. The zero-order valence-corrected chi connectivity index (χ0v) is 11.8. The zero-order valence-electron chi connectivity index (χ0n) is 11.0. The van der Waals surface area contributed by atoms with E-state index in [9.17, 15) is 8.42 Å².